The van der Waals surface area contributed by atoms with Crippen LogP contribution in [0.15, 0.2) is 49.1 Å². The molecule has 2 rings (SSSR count). The molecule has 0 aliphatic rings. The lowest BCUT2D eigenvalue weighted by atomic mass is 10.4. The maximum atomic E-state index is 8.45. The molecule has 2 aromatic heterocycles. The number of hydrogen-bond acceptors (Lipinski definition) is 6. The van der Waals surface area contributed by atoms with Crippen molar-refractivity contribution >= 4 is 0 Å². The smallest absolute Gasteiger partial charge is 0.0448 e. The molecular formula is C26H58N6O2. The maximum Gasteiger partial charge on any atom is 0.0448 e. The lowest BCUT2D eigenvalue weighted by molar-refractivity contribution is 0.263. The molecule has 6 N–H and O–H groups in total. The predicted octanol–water partition coefficient (Wildman–Crippen LogP) is 2.81. The van der Waals surface area contributed by atoms with E-state index >= 15 is 0 Å². The average Bonchev–Trinajstić information content (AvgIpc) is 3.49. The highest BCUT2D eigenvalue weighted by molar-refractivity contribution is 4.90. The predicted molar refractivity (Wildman–Crippen MR) is 150 cm³/mol. The number of hydrogen-bond donors (Lipinski definition) is 4. The highest BCUT2D eigenvalue weighted by Gasteiger charge is 1.86. The van der Waals surface area contributed by atoms with Crippen LogP contribution in [0.25, 0.3) is 0 Å². The first kappa shape index (κ1) is 39.5. The normalized spacial score (nSPS) is 9.47. The van der Waals surface area contributed by atoms with Gasteiger partial charge in [0.25, 0.3) is 0 Å². The third-order valence-electron chi connectivity index (χ3n) is 4.10. The molecule has 0 unspecified atom stereocenters. The van der Waals surface area contributed by atoms with Crippen LogP contribution in [0.4, 0.5) is 0 Å². The Balaban J connectivity index is -0.000000175. The quantitative estimate of drug-likeness (QED) is 0.367. The standard InChI is InChI=1S/C7H12N2.C7H11NO.C5H14N2.C5H13NO.2CH4/c8-4-3-7-9-5-1-2-6-9;9-7-3-6-8-4-1-2-5-8;1-7(2)5-3-4-6;1-6(2)4-3-5-7;;/h1-2,5-6H,3-4,7-8H2;1-2,4-5,9H,3,6-7H2;3-6H2,1-2H3;7H,3-5H2,1-2H3;2*1H4. The zero-order chi connectivity index (χ0) is 24.5. The van der Waals surface area contributed by atoms with Crippen LogP contribution in [0.3, 0.4) is 0 Å². The molecule has 204 valence electrons. The molecule has 0 spiro atoms. The summed E-state index contributed by atoms with van der Waals surface area (Å²) in [7, 11) is 8.09. The Morgan fingerprint density at radius 3 is 1.21 bits per heavy atom. The van der Waals surface area contributed by atoms with Gasteiger partial charge >= 0.3 is 0 Å². The molecule has 0 atom stereocenters. The van der Waals surface area contributed by atoms with Crippen LogP contribution in [0.1, 0.15) is 40.5 Å². The zero-order valence-electron chi connectivity index (χ0n) is 20.9. The van der Waals surface area contributed by atoms with Gasteiger partial charge in [-0.3, -0.25) is 0 Å². The van der Waals surface area contributed by atoms with E-state index in [0.717, 1.165) is 65.0 Å². The lowest BCUT2D eigenvalue weighted by Crippen LogP contribution is -2.16. The Bertz CT molecular complexity index is 495. The number of aliphatic hydroxyl groups excluding tert-OH is 2. The van der Waals surface area contributed by atoms with Crippen LogP contribution in [0.2, 0.25) is 0 Å². The van der Waals surface area contributed by atoms with Gasteiger partial charge in [-0.2, -0.15) is 0 Å². The fourth-order valence-electron chi connectivity index (χ4n) is 2.36. The van der Waals surface area contributed by atoms with Crippen LogP contribution in [-0.4, -0.2) is 96.7 Å². The van der Waals surface area contributed by atoms with E-state index in [1.165, 1.54) is 0 Å². The van der Waals surface area contributed by atoms with Gasteiger partial charge in [0.15, 0.2) is 0 Å². The molecule has 2 aromatic rings. The number of aromatic nitrogens is 2. The van der Waals surface area contributed by atoms with Crippen molar-refractivity contribution < 1.29 is 10.2 Å². The van der Waals surface area contributed by atoms with Crippen molar-refractivity contribution in [1.29, 1.82) is 0 Å². The Kier molecular flexibility index (Phi) is 36.4. The minimum atomic E-state index is 0. The Hall–Kier alpha value is -1.68. The molecular weight excluding hydrogens is 428 g/mol. The summed E-state index contributed by atoms with van der Waals surface area (Å²) in [5.41, 5.74) is 10.6. The molecule has 2 heterocycles. The molecule has 0 aliphatic carbocycles. The van der Waals surface area contributed by atoms with E-state index in [1.54, 1.807) is 0 Å². The van der Waals surface area contributed by atoms with Crippen LogP contribution in [0, 0.1) is 0 Å². The summed E-state index contributed by atoms with van der Waals surface area (Å²) in [4.78, 5) is 4.18. The van der Waals surface area contributed by atoms with Gasteiger partial charge in [-0.15, -0.1) is 0 Å². The summed E-state index contributed by atoms with van der Waals surface area (Å²) in [5, 5.41) is 16.7. The van der Waals surface area contributed by atoms with Gasteiger partial charge < -0.3 is 40.6 Å². The van der Waals surface area contributed by atoms with Gasteiger partial charge in [0.1, 0.15) is 0 Å². The molecule has 8 heteroatoms. The third-order valence-corrected chi connectivity index (χ3v) is 4.10. The number of aliphatic hydroxyl groups is 2. The van der Waals surface area contributed by atoms with E-state index in [1.807, 2.05) is 50.8 Å². The van der Waals surface area contributed by atoms with Crippen LogP contribution < -0.4 is 11.5 Å². The van der Waals surface area contributed by atoms with Gasteiger partial charge in [-0.1, -0.05) is 14.9 Å². The largest absolute Gasteiger partial charge is 0.396 e. The molecule has 0 saturated carbocycles. The van der Waals surface area contributed by atoms with Crippen molar-refractivity contribution in [2.24, 2.45) is 11.5 Å². The first-order chi connectivity index (χ1) is 15.4. The third kappa shape index (κ3) is 32.5. The molecule has 0 radical (unpaired) electrons. The maximum absolute atomic E-state index is 8.45. The van der Waals surface area contributed by atoms with Gasteiger partial charge in [0.2, 0.25) is 0 Å². The summed E-state index contributed by atoms with van der Waals surface area (Å²) >= 11 is 0. The second-order valence-corrected chi connectivity index (χ2v) is 7.89. The Morgan fingerprint density at radius 2 is 0.941 bits per heavy atom. The second-order valence-electron chi connectivity index (χ2n) is 7.89. The molecule has 8 nitrogen and oxygen atoms in total. The Labute approximate surface area is 211 Å². The van der Waals surface area contributed by atoms with E-state index < -0.39 is 0 Å². The molecule has 0 aliphatic heterocycles. The minimum absolute atomic E-state index is 0. The van der Waals surface area contributed by atoms with Gasteiger partial charge in [0, 0.05) is 51.1 Å². The highest BCUT2D eigenvalue weighted by atomic mass is 16.3. The lowest BCUT2D eigenvalue weighted by Gasteiger charge is -2.05. The molecule has 0 amide bonds. The van der Waals surface area contributed by atoms with Crippen LogP contribution in [-0.2, 0) is 13.1 Å². The van der Waals surface area contributed by atoms with E-state index in [9.17, 15) is 0 Å². The van der Waals surface area contributed by atoms with Crippen molar-refractivity contribution in [3.8, 4) is 0 Å². The van der Waals surface area contributed by atoms with E-state index in [2.05, 4.69) is 45.4 Å². The fraction of sp³-hybridized carbons (Fsp3) is 0.692. The molecule has 0 bridgehead atoms. The first-order valence-corrected chi connectivity index (χ1v) is 11.5. The Morgan fingerprint density at radius 1 is 0.588 bits per heavy atom. The molecule has 0 saturated heterocycles. The number of nitrogens with two attached hydrogens (primary N) is 2. The minimum Gasteiger partial charge on any atom is -0.396 e. The fourth-order valence-corrected chi connectivity index (χ4v) is 2.36. The topological polar surface area (TPSA) is 109 Å². The van der Waals surface area contributed by atoms with Crippen molar-refractivity contribution in [3.05, 3.63) is 49.1 Å². The van der Waals surface area contributed by atoms with Crippen molar-refractivity contribution in [2.45, 2.75) is 53.6 Å². The number of nitrogens with zero attached hydrogens (tertiary/aromatic N) is 4. The molecule has 34 heavy (non-hydrogen) atoms. The van der Waals surface area contributed by atoms with Gasteiger partial charge in [0.05, 0.1) is 0 Å². The summed E-state index contributed by atoms with van der Waals surface area (Å²) in [5.74, 6) is 0. The summed E-state index contributed by atoms with van der Waals surface area (Å²) in [6.45, 7) is 6.22. The van der Waals surface area contributed by atoms with Crippen molar-refractivity contribution in [3.63, 3.8) is 0 Å². The highest BCUT2D eigenvalue weighted by Crippen LogP contribution is 1.91. The number of rotatable bonds is 12. The SMILES string of the molecule is C.C.CN(C)CCCN.CN(C)CCCO.NCCCn1cccc1.OCCCn1cccc1. The van der Waals surface area contributed by atoms with Crippen LogP contribution >= 0.6 is 0 Å². The van der Waals surface area contributed by atoms with E-state index in [0.29, 0.717) is 6.61 Å². The van der Waals surface area contributed by atoms with E-state index in [-0.39, 0.29) is 21.5 Å². The summed E-state index contributed by atoms with van der Waals surface area (Å²) in [6, 6.07) is 8.02. The summed E-state index contributed by atoms with van der Waals surface area (Å²) < 4.78 is 4.18. The summed E-state index contributed by atoms with van der Waals surface area (Å²) in [6.07, 6.45) is 12.0. The second kappa shape index (κ2) is 31.3. The van der Waals surface area contributed by atoms with Crippen molar-refractivity contribution in [1.82, 2.24) is 18.9 Å². The number of aryl methyl sites for hydroxylation is 2. The monoisotopic (exact) mass is 486 g/mol. The van der Waals surface area contributed by atoms with Crippen molar-refractivity contribution in [2.75, 3.05) is 67.6 Å². The molecule has 0 aromatic carbocycles. The molecule has 0 fully saturated rings. The van der Waals surface area contributed by atoms with Gasteiger partial charge in [-0.25, -0.2) is 0 Å². The van der Waals surface area contributed by atoms with Gasteiger partial charge in [-0.05, 0) is 104 Å². The van der Waals surface area contributed by atoms with E-state index in [4.69, 9.17) is 21.7 Å². The first-order valence-electron chi connectivity index (χ1n) is 11.5. The average molecular weight is 487 g/mol. The zero-order valence-corrected chi connectivity index (χ0v) is 20.9. The van der Waals surface area contributed by atoms with Crippen LogP contribution in [0.5, 0.6) is 0 Å².